The van der Waals surface area contributed by atoms with Crippen molar-refractivity contribution in [2.45, 2.75) is 44.8 Å². The first-order chi connectivity index (χ1) is 8.24. The highest BCUT2D eigenvalue weighted by atomic mass is 35.5. The highest BCUT2D eigenvalue weighted by Gasteiger charge is 2.16. The summed E-state index contributed by atoms with van der Waals surface area (Å²) in [7, 11) is 0. The molecule has 0 aliphatic heterocycles. The minimum Gasteiger partial charge on any atom is -0.444 e. The van der Waals surface area contributed by atoms with Crippen LogP contribution in [-0.2, 0) is 11.3 Å². The van der Waals surface area contributed by atoms with Gasteiger partial charge in [-0.05, 0) is 12.8 Å². The first-order valence-corrected chi connectivity index (χ1v) is 6.97. The Kier molecular flexibility index (Phi) is 4.62. The Morgan fingerprint density at radius 1 is 1.53 bits per heavy atom. The number of nitrogens with zero attached hydrogens (tertiary/aromatic N) is 1. The number of hydrogen-bond acceptors (Lipinski definition) is 4. The molecule has 0 spiro atoms. The largest absolute Gasteiger partial charge is 0.444 e. The van der Waals surface area contributed by atoms with E-state index in [1.54, 1.807) is 6.20 Å². The first kappa shape index (κ1) is 12.6. The highest BCUT2D eigenvalue weighted by Crippen LogP contribution is 2.19. The summed E-state index contributed by atoms with van der Waals surface area (Å²) in [4.78, 5) is 16.2. The number of aromatic nitrogens is 1. The number of ether oxygens (including phenoxy) is 1. The van der Waals surface area contributed by atoms with Gasteiger partial charge in [-0.25, -0.2) is 9.78 Å². The Hall–Kier alpha value is -0.810. The minimum atomic E-state index is -0.346. The fourth-order valence-electron chi connectivity index (χ4n) is 1.94. The number of carbonyl (C=O) groups is 1. The molecule has 1 amide bonds. The SMILES string of the molecule is O=C(NC1CCCCC1)OCc1cnc(Cl)s1. The number of rotatable bonds is 3. The van der Waals surface area contributed by atoms with Crippen molar-refractivity contribution in [3.63, 3.8) is 0 Å². The van der Waals surface area contributed by atoms with Crippen molar-refractivity contribution in [1.82, 2.24) is 10.3 Å². The van der Waals surface area contributed by atoms with E-state index >= 15 is 0 Å². The standard InChI is InChI=1S/C11H15ClN2O2S/c12-10-13-6-9(17-10)7-16-11(15)14-8-4-2-1-3-5-8/h6,8H,1-5,7H2,(H,14,15). The van der Waals surface area contributed by atoms with E-state index in [2.05, 4.69) is 10.3 Å². The van der Waals surface area contributed by atoms with Crippen LogP contribution in [0.1, 0.15) is 37.0 Å². The molecule has 6 heteroatoms. The molecule has 1 aromatic heterocycles. The Balaban J connectivity index is 1.70. The average Bonchev–Trinajstić information content (AvgIpc) is 2.74. The summed E-state index contributed by atoms with van der Waals surface area (Å²) in [6.07, 6.45) is 7.04. The zero-order chi connectivity index (χ0) is 12.1. The second-order valence-corrected chi connectivity index (χ2v) is 5.83. The van der Waals surface area contributed by atoms with Crippen LogP contribution in [0.15, 0.2) is 6.20 Å². The lowest BCUT2D eigenvalue weighted by Gasteiger charge is -2.22. The molecule has 1 N–H and O–H groups in total. The third-order valence-corrected chi connectivity index (χ3v) is 3.89. The summed E-state index contributed by atoms with van der Waals surface area (Å²) in [5, 5.41) is 2.89. The van der Waals surface area contributed by atoms with Gasteiger partial charge in [-0.3, -0.25) is 0 Å². The second-order valence-electron chi connectivity index (χ2n) is 4.13. The van der Waals surface area contributed by atoms with Gasteiger partial charge in [0.1, 0.15) is 6.61 Å². The molecule has 2 rings (SSSR count). The molecular formula is C11H15ClN2O2S. The average molecular weight is 275 g/mol. The van der Waals surface area contributed by atoms with Gasteiger partial charge in [0.05, 0.1) is 4.88 Å². The fraction of sp³-hybridized carbons (Fsp3) is 0.636. The van der Waals surface area contributed by atoms with Crippen LogP contribution in [0.2, 0.25) is 4.47 Å². The van der Waals surface area contributed by atoms with Crippen LogP contribution in [-0.4, -0.2) is 17.1 Å². The van der Waals surface area contributed by atoms with E-state index in [0.29, 0.717) is 4.47 Å². The number of alkyl carbamates (subject to hydrolysis) is 1. The van der Waals surface area contributed by atoms with Crippen LogP contribution in [0.4, 0.5) is 4.79 Å². The van der Waals surface area contributed by atoms with Crippen molar-refractivity contribution in [1.29, 1.82) is 0 Å². The van der Waals surface area contributed by atoms with Gasteiger partial charge in [0.25, 0.3) is 0 Å². The van der Waals surface area contributed by atoms with E-state index in [1.807, 2.05) is 0 Å². The number of thiazole rings is 1. The van der Waals surface area contributed by atoms with E-state index in [0.717, 1.165) is 17.7 Å². The molecule has 1 aliphatic rings. The summed E-state index contributed by atoms with van der Waals surface area (Å²) in [5.41, 5.74) is 0. The predicted molar refractivity (Wildman–Crippen MR) is 67.3 cm³/mol. The van der Waals surface area contributed by atoms with Crippen molar-refractivity contribution in [3.8, 4) is 0 Å². The van der Waals surface area contributed by atoms with Gasteiger partial charge in [-0.1, -0.05) is 30.9 Å². The predicted octanol–water partition coefficient (Wildman–Crippen LogP) is 3.36. The molecule has 0 aromatic carbocycles. The summed E-state index contributed by atoms with van der Waals surface area (Å²) >= 11 is 7.01. The lowest BCUT2D eigenvalue weighted by molar-refractivity contribution is 0.134. The normalized spacial score (nSPS) is 16.8. The van der Waals surface area contributed by atoms with Gasteiger partial charge in [-0.2, -0.15) is 0 Å². The van der Waals surface area contributed by atoms with Crippen molar-refractivity contribution in [2.24, 2.45) is 0 Å². The summed E-state index contributed by atoms with van der Waals surface area (Å²) in [6, 6.07) is 0.279. The van der Waals surface area contributed by atoms with E-state index < -0.39 is 0 Å². The Morgan fingerprint density at radius 2 is 2.29 bits per heavy atom. The zero-order valence-corrected chi connectivity index (χ0v) is 11.0. The number of carbonyl (C=O) groups excluding carboxylic acids is 1. The molecule has 0 unspecified atom stereocenters. The van der Waals surface area contributed by atoms with E-state index in [4.69, 9.17) is 16.3 Å². The molecule has 1 heterocycles. The molecule has 0 bridgehead atoms. The molecule has 0 saturated heterocycles. The zero-order valence-electron chi connectivity index (χ0n) is 9.45. The monoisotopic (exact) mass is 274 g/mol. The molecule has 1 aromatic rings. The second kappa shape index (κ2) is 6.21. The minimum absolute atomic E-state index is 0.239. The maximum atomic E-state index is 11.5. The quantitative estimate of drug-likeness (QED) is 0.919. The Morgan fingerprint density at radius 3 is 2.94 bits per heavy atom. The van der Waals surface area contributed by atoms with Gasteiger partial charge >= 0.3 is 6.09 Å². The highest BCUT2D eigenvalue weighted by molar-refractivity contribution is 7.15. The van der Waals surface area contributed by atoms with Gasteiger partial charge < -0.3 is 10.1 Å². The number of hydrogen-bond donors (Lipinski definition) is 1. The van der Waals surface area contributed by atoms with E-state index in [1.165, 1.54) is 30.6 Å². The van der Waals surface area contributed by atoms with Crippen molar-refractivity contribution >= 4 is 29.0 Å². The molecular weight excluding hydrogens is 260 g/mol. The van der Waals surface area contributed by atoms with Crippen LogP contribution >= 0.6 is 22.9 Å². The van der Waals surface area contributed by atoms with Crippen LogP contribution < -0.4 is 5.32 Å². The molecule has 17 heavy (non-hydrogen) atoms. The smallest absolute Gasteiger partial charge is 0.407 e. The van der Waals surface area contributed by atoms with Crippen LogP contribution in [0.25, 0.3) is 0 Å². The maximum Gasteiger partial charge on any atom is 0.407 e. The number of nitrogens with one attached hydrogen (secondary N) is 1. The maximum absolute atomic E-state index is 11.5. The van der Waals surface area contributed by atoms with Gasteiger partial charge in [0, 0.05) is 12.2 Å². The summed E-state index contributed by atoms with van der Waals surface area (Å²) in [6.45, 7) is 0.239. The van der Waals surface area contributed by atoms with Crippen LogP contribution in [0.5, 0.6) is 0 Å². The first-order valence-electron chi connectivity index (χ1n) is 5.77. The van der Waals surface area contributed by atoms with Gasteiger partial charge in [0.2, 0.25) is 0 Å². The van der Waals surface area contributed by atoms with Crippen LogP contribution in [0.3, 0.4) is 0 Å². The topological polar surface area (TPSA) is 51.2 Å². The number of amides is 1. The Labute approximate surface area is 109 Å². The van der Waals surface area contributed by atoms with Crippen molar-refractivity contribution < 1.29 is 9.53 Å². The van der Waals surface area contributed by atoms with Crippen molar-refractivity contribution in [3.05, 3.63) is 15.5 Å². The molecule has 1 aliphatic carbocycles. The molecule has 4 nitrogen and oxygen atoms in total. The lowest BCUT2D eigenvalue weighted by Crippen LogP contribution is -2.36. The molecule has 0 atom stereocenters. The molecule has 0 radical (unpaired) electrons. The van der Waals surface area contributed by atoms with E-state index in [9.17, 15) is 4.79 Å². The molecule has 1 saturated carbocycles. The summed E-state index contributed by atoms with van der Waals surface area (Å²) < 4.78 is 5.57. The third-order valence-electron chi connectivity index (χ3n) is 2.80. The van der Waals surface area contributed by atoms with Gasteiger partial charge in [-0.15, -0.1) is 11.3 Å². The van der Waals surface area contributed by atoms with E-state index in [-0.39, 0.29) is 18.7 Å². The van der Waals surface area contributed by atoms with Crippen molar-refractivity contribution in [2.75, 3.05) is 0 Å². The molecule has 94 valence electrons. The van der Waals surface area contributed by atoms with Gasteiger partial charge in [0.15, 0.2) is 4.47 Å². The van der Waals surface area contributed by atoms with Crippen LogP contribution in [0, 0.1) is 0 Å². The molecule has 1 fully saturated rings. The third kappa shape index (κ3) is 4.16. The number of halogens is 1. The fourth-order valence-corrected chi connectivity index (χ4v) is 2.83. The summed E-state index contributed by atoms with van der Waals surface area (Å²) in [5.74, 6) is 0. The lowest BCUT2D eigenvalue weighted by atomic mass is 9.96. The Bertz CT molecular complexity index is 377.